The number of alkyl halides is 3. The second-order valence-electron chi connectivity index (χ2n) is 6.69. The number of amides is 3. The average molecular weight is 407 g/mol. The molecule has 0 heterocycles. The highest BCUT2D eigenvalue weighted by molar-refractivity contribution is 5.94. The van der Waals surface area contributed by atoms with Crippen molar-refractivity contribution in [2.45, 2.75) is 32.3 Å². The Morgan fingerprint density at radius 3 is 2.24 bits per heavy atom. The molecule has 3 rings (SSSR count). The third-order valence-electron chi connectivity index (χ3n) is 4.21. The number of anilines is 1. The zero-order chi connectivity index (χ0) is 20.9. The molecule has 1 aliphatic rings. The maximum Gasteiger partial charge on any atom is 0.573 e. The smallest absolute Gasteiger partial charge is 0.406 e. The van der Waals surface area contributed by atoms with Crippen molar-refractivity contribution in [1.29, 1.82) is 0 Å². The summed E-state index contributed by atoms with van der Waals surface area (Å²) in [5, 5.41) is 8.16. The molecule has 3 N–H and O–H groups in total. The van der Waals surface area contributed by atoms with Crippen LogP contribution in [-0.4, -0.2) is 18.3 Å². The summed E-state index contributed by atoms with van der Waals surface area (Å²) in [6.45, 7) is 0.410. The van der Waals surface area contributed by atoms with E-state index in [9.17, 15) is 22.8 Å². The van der Waals surface area contributed by atoms with Crippen molar-refractivity contribution < 1.29 is 27.5 Å². The van der Waals surface area contributed by atoms with E-state index in [0.29, 0.717) is 11.3 Å². The highest BCUT2D eigenvalue weighted by Gasteiger charge is 2.31. The Balaban J connectivity index is 1.42. The van der Waals surface area contributed by atoms with Gasteiger partial charge in [0.15, 0.2) is 0 Å². The molecule has 1 aliphatic carbocycles. The molecule has 0 aliphatic heterocycles. The van der Waals surface area contributed by atoms with E-state index in [-0.39, 0.29) is 30.7 Å². The van der Waals surface area contributed by atoms with Crippen LogP contribution in [-0.2, 0) is 17.9 Å². The largest absolute Gasteiger partial charge is 0.573 e. The quantitative estimate of drug-likeness (QED) is 0.651. The Morgan fingerprint density at radius 1 is 0.966 bits per heavy atom. The third-order valence-corrected chi connectivity index (χ3v) is 4.21. The first kappa shape index (κ1) is 20.5. The summed E-state index contributed by atoms with van der Waals surface area (Å²) in [6, 6.07) is 12.0. The number of hydrogen-bond donors (Lipinski definition) is 3. The molecule has 0 bridgehead atoms. The molecule has 0 spiro atoms. The monoisotopic (exact) mass is 407 g/mol. The van der Waals surface area contributed by atoms with E-state index in [4.69, 9.17) is 0 Å². The summed E-state index contributed by atoms with van der Waals surface area (Å²) < 4.78 is 40.2. The molecular weight excluding hydrogens is 387 g/mol. The fourth-order valence-corrected chi connectivity index (χ4v) is 2.59. The molecule has 3 amide bonds. The van der Waals surface area contributed by atoms with E-state index in [1.165, 1.54) is 24.3 Å². The molecule has 2 aromatic rings. The van der Waals surface area contributed by atoms with Gasteiger partial charge in [0.2, 0.25) is 5.91 Å². The van der Waals surface area contributed by atoms with Gasteiger partial charge in [-0.1, -0.05) is 24.3 Å². The number of benzene rings is 2. The molecule has 0 atom stereocenters. The molecule has 2 aromatic carbocycles. The number of carbonyl (C=O) groups excluding carboxylic acids is 2. The van der Waals surface area contributed by atoms with Crippen LogP contribution in [0.1, 0.15) is 24.0 Å². The molecule has 1 fully saturated rings. The lowest BCUT2D eigenvalue weighted by Crippen LogP contribution is -2.34. The summed E-state index contributed by atoms with van der Waals surface area (Å²) in [4.78, 5) is 23.7. The van der Waals surface area contributed by atoms with Crippen molar-refractivity contribution in [1.82, 2.24) is 10.6 Å². The summed E-state index contributed by atoms with van der Waals surface area (Å²) in [7, 11) is 0. The van der Waals surface area contributed by atoms with Gasteiger partial charge in [-0.05, 0) is 48.2 Å². The van der Waals surface area contributed by atoms with Crippen LogP contribution in [0.5, 0.6) is 5.75 Å². The van der Waals surface area contributed by atoms with Gasteiger partial charge in [0.1, 0.15) is 5.75 Å². The van der Waals surface area contributed by atoms with Gasteiger partial charge in [-0.15, -0.1) is 13.2 Å². The van der Waals surface area contributed by atoms with Gasteiger partial charge in [-0.25, -0.2) is 4.79 Å². The molecule has 154 valence electrons. The fraction of sp³-hybridized carbons (Fsp3) is 0.300. The number of rotatable bonds is 7. The zero-order valence-corrected chi connectivity index (χ0v) is 15.4. The number of carbonyl (C=O) groups is 2. The minimum atomic E-state index is -4.74. The maximum atomic E-state index is 12.1. The van der Waals surface area contributed by atoms with E-state index >= 15 is 0 Å². The molecule has 0 radical (unpaired) electrons. The van der Waals surface area contributed by atoms with Gasteiger partial charge in [-0.2, -0.15) is 0 Å². The van der Waals surface area contributed by atoms with E-state index in [1.807, 2.05) is 6.07 Å². The van der Waals surface area contributed by atoms with Gasteiger partial charge < -0.3 is 20.7 Å². The van der Waals surface area contributed by atoms with Crippen LogP contribution in [0.3, 0.4) is 0 Å². The van der Waals surface area contributed by atoms with Crippen molar-refractivity contribution in [3.05, 3.63) is 59.7 Å². The first-order valence-electron chi connectivity index (χ1n) is 9.05. The molecule has 1 saturated carbocycles. The van der Waals surface area contributed by atoms with E-state index in [0.717, 1.165) is 18.4 Å². The van der Waals surface area contributed by atoms with Crippen LogP contribution in [0, 0.1) is 5.92 Å². The highest BCUT2D eigenvalue weighted by Crippen LogP contribution is 2.30. The lowest BCUT2D eigenvalue weighted by atomic mass is 10.2. The minimum absolute atomic E-state index is 0.0134. The second kappa shape index (κ2) is 8.85. The number of hydrogen-bond acceptors (Lipinski definition) is 3. The number of urea groups is 1. The maximum absolute atomic E-state index is 12.1. The molecule has 29 heavy (non-hydrogen) atoms. The van der Waals surface area contributed by atoms with Gasteiger partial charge >= 0.3 is 12.4 Å². The fourth-order valence-electron chi connectivity index (χ4n) is 2.59. The lowest BCUT2D eigenvalue weighted by molar-refractivity contribution is -0.274. The van der Waals surface area contributed by atoms with Crippen molar-refractivity contribution in [2.75, 3.05) is 5.32 Å². The number of halogens is 3. The number of nitrogens with one attached hydrogen (secondary N) is 3. The predicted octanol–water partition coefficient (Wildman–Crippen LogP) is 3.93. The van der Waals surface area contributed by atoms with Crippen LogP contribution in [0.25, 0.3) is 0 Å². The van der Waals surface area contributed by atoms with Crippen molar-refractivity contribution in [2.24, 2.45) is 5.92 Å². The molecular formula is C20H20F3N3O3. The van der Waals surface area contributed by atoms with Gasteiger partial charge in [-0.3, -0.25) is 4.79 Å². The standard InChI is InChI=1S/C20H20F3N3O3/c21-20(22,23)29-17-8-4-13(5-9-17)11-24-19(28)25-12-14-2-1-3-16(10-14)26-18(27)15-6-7-15/h1-5,8-10,15H,6-7,11-12H2,(H,26,27)(H2,24,25,28). The Morgan fingerprint density at radius 2 is 1.62 bits per heavy atom. The number of ether oxygens (including phenoxy) is 1. The average Bonchev–Trinajstić information content (AvgIpc) is 3.50. The summed E-state index contributed by atoms with van der Waals surface area (Å²) in [5.74, 6) is -0.199. The normalized spacial score (nSPS) is 13.5. The Labute approximate surface area is 165 Å². The van der Waals surface area contributed by atoms with Crippen LogP contribution >= 0.6 is 0 Å². The van der Waals surface area contributed by atoms with E-state index < -0.39 is 12.4 Å². The zero-order valence-electron chi connectivity index (χ0n) is 15.4. The van der Waals surface area contributed by atoms with Crippen molar-refractivity contribution in [3.63, 3.8) is 0 Å². The SMILES string of the molecule is O=C(NCc1ccc(OC(F)(F)F)cc1)NCc1cccc(NC(=O)C2CC2)c1. The highest BCUT2D eigenvalue weighted by atomic mass is 19.4. The van der Waals surface area contributed by atoms with Crippen molar-refractivity contribution >= 4 is 17.6 Å². The summed E-state index contributed by atoms with van der Waals surface area (Å²) in [5.41, 5.74) is 2.13. The third kappa shape index (κ3) is 7.02. The Kier molecular flexibility index (Phi) is 6.26. The van der Waals surface area contributed by atoms with Crippen LogP contribution < -0.4 is 20.7 Å². The van der Waals surface area contributed by atoms with Crippen LogP contribution in [0.4, 0.5) is 23.7 Å². The van der Waals surface area contributed by atoms with E-state index in [1.54, 1.807) is 18.2 Å². The second-order valence-corrected chi connectivity index (χ2v) is 6.69. The summed E-state index contributed by atoms with van der Waals surface area (Å²) in [6.07, 6.45) is -2.89. The molecule has 0 saturated heterocycles. The Hall–Kier alpha value is -3.23. The lowest BCUT2D eigenvalue weighted by Gasteiger charge is -2.11. The minimum Gasteiger partial charge on any atom is -0.406 e. The van der Waals surface area contributed by atoms with Gasteiger partial charge in [0.05, 0.1) is 0 Å². The van der Waals surface area contributed by atoms with Crippen LogP contribution in [0.2, 0.25) is 0 Å². The summed E-state index contributed by atoms with van der Waals surface area (Å²) >= 11 is 0. The molecule has 0 unspecified atom stereocenters. The molecule has 0 aromatic heterocycles. The van der Waals surface area contributed by atoms with Crippen LogP contribution in [0.15, 0.2) is 48.5 Å². The predicted molar refractivity (Wildman–Crippen MR) is 100.0 cm³/mol. The first-order valence-corrected chi connectivity index (χ1v) is 9.05. The molecule has 6 nitrogen and oxygen atoms in total. The van der Waals surface area contributed by atoms with Crippen molar-refractivity contribution in [3.8, 4) is 5.75 Å². The molecule has 9 heteroatoms. The van der Waals surface area contributed by atoms with Gasteiger partial charge in [0.25, 0.3) is 0 Å². The Bertz CT molecular complexity index is 865. The van der Waals surface area contributed by atoms with Gasteiger partial charge in [0, 0.05) is 24.7 Å². The topological polar surface area (TPSA) is 79.5 Å². The van der Waals surface area contributed by atoms with E-state index in [2.05, 4.69) is 20.7 Å². The first-order chi connectivity index (χ1) is 13.8.